The smallest absolute Gasteiger partial charge is 0.434 e. The van der Waals surface area contributed by atoms with Crippen LogP contribution in [0.15, 0.2) is 53.2 Å². The lowest BCUT2D eigenvalue weighted by Crippen LogP contribution is -2.62. The van der Waals surface area contributed by atoms with E-state index in [1.807, 2.05) is 24.3 Å². The molecule has 0 amide bonds. The van der Waals surface area contributed by atoms with Crippen LogP contribution in [0.5, 0.6) is 5.75 Å². The Balaban J connectivity index is 0.974. The highest BCUT2D eigenvalue weighted by Gasteiger charge is 2.51. The number of ether oxygens (including phenoxy) is 2. The second-order valence-electron chi connectivity index (χ2n) is 13.0. The van der Waals surface area contributed by atoms with Crippen molar-refractivity contribution in [2.24, 2.45) is 11.3 Å². The first-order valence-electron chi connectivity index (χ1n) is 15.5. The van der Waals surface area contributed by atoms with Gasteiger partial charge in [-0.2, -0.15) is 13.2 Å². The lowest BCUT2D eigenvalue weighted by atomic mass is 9.57. The van der Waals surface area contributed by atoms with E-state index in [1.165, 1.54) is 18.2 Å². The molecule has 1 aromatic carbocycles. The molecule has 1 atom stereocenters. The van der Waals surface area contributed by atoms with E-state index < -0.39 is 17.8 Å². The van der Waals surface area contributed by atoms with E-state index in [0.717, 1.165) is 62.5 Å². The Labute approximate surface area is 262 Å². The molecule has 1 spiro atoms. The van der Waals surface area contributed by atoms with Gasteiger partial charge in [0.05, 0.1) is 18.7 Å². The van der Waals surface area contributed by atoms with Gasteiger partial charge in [0, 0.05) is 65.3 Å². The normalized spacial score (nSPS) is 21.2. The molecule has 5 heterocycles. The summed E-state index contributed by atoms with van der Waals surface area (Å²) in [5, 5.41) is 14.4. The summed E-state index contributed by atoms with van der Waals surface area (Å²) in [6, 6.07) is 10.2. The van der Waals surface area contributed by atoms with Gasteiger partial charge >= 0.3 is 12.1 Å². The minimum atomic E-state index is -4.60. The van der Waals surface area contributed by atoms with Crippen molar-refractivity contribution in [2.45, 2.75) is 50.3 Å². The van der Waals surface area contributed by atoms with Crippen LogP contribution in [0, 0.1) is 11.3 Å². The first kappa shape index (κ1) is 29.0. The van der Waals surface area contributed by atoms with Gasteiger partial charge in [0.15, 0.2) is 11.4 Å². The van der Waals surface area contributed by atoms with Gasteiger partial charge < -0.3 is 24.0 Å². The molecular formula is C34H31F3N4O5. The molecule has 0 bridgehead atoms. The van der Waals surface area contributed by atoms with Crippen molar-refractivity contribution in [3.05, 3.63) is 71.4 Å². The molecule has 46 heavy (non-hydrogen) atoms. The van der Waals surface area contributed by atoms with Gasteiger partial charge in [-0.3, -0.25) is 4.98 Å². The number of hydrogen-bond donors (Lipinski definition) is 1. The third-order valence-corrected chi connectivity index (χ3v) is 9.53. The van der Waals surface area contributed by atoms with Gasteiger partial charge in [-0.15, -0.1) is 0 Å². The molecule has 238 valence electrons. The Kier molecular flexibility index (Phi) is 6.82. The fourth-order valence-corrected chi connectivity index (χ4v) is 7.12. The molecule has 2 saturated heterocycles. The molecule has 8 rings (SSSR count). The Morgan fingerprint density at radius 2 is 1.96 bits per heavy atom. The molecule has 9 nitrogen and oxygen atoms in total. The lowest BCUT2D eigenvalue weighted by Gasteiger charge is -2.59. The number of halogens is 3. The van der Waals surface area contributed by atoms with Crippen LogP contribution in [0.2, 0.25) is 0 Å². The number of nitrogens with zero attached hydrogens (tertiary/aromatic N) is 4. The number of pyridine rings is 2. The summed E-state index contributed by atoms with van der Waals surface area (Å²) in [5.74, 6) is 0.527. The van der Waals surface area contributed by atoms with Crippen LogP contribution in [-0.2, 0) is 10.9 Å². The van der Waals surface area contributed by atoms with Gasteiger partial charge in [0.1, 0.15) is 23.3 Å². The number of alkyl halides is 3. The summed E-state index contributed by atoms with van der Waals surface area (Å²) >= 11 is 0. The molecule has 2 aliphatic heterocycles. The number of carbonyl (C=O) groups is 1. The van der Waals surface area contributed by atoms with E-state index >= 15 is 0 Å². The van der Waals surface area contributed by atoms with Gasteiger partial charge in [-0.25, -0.2) is 9.78 Å². The maximum absolute atomic E-state index is 13.8. The molecule has 3 aromatic heterocycles. The van der Waals surface area contributed by atoms with Crippen LogP contribution in [0.3, 0.4) is 0 Å². The van der Waals surface area contributed by atoms with Crippen LogP contribution >= 0.6 is 0 Å². The monoisotopic (exact) mass is 632 g/mol. The van der Waals surface area contributed by atoms with Crippen LogP contribution in [0.4, 0.5) is 18.9 Å². The van der Waals surface area contributed by atoms with Gasteiger partial charge in [-0.05, 0) is 61.9 Å². The van der Waals surface area contributed by atoms with E-state index in [9.17, 15) is 23.1 Å². The van der Waals surface area contributed by atoms with Crippen molar-refractivity contribution in [1.82, 2.24) is 15.1 Å². The predicted molar refractivity (Wildman–Crippen MR) is 162 cm³/mol. The van der Waals surface area contributed by atoms with Crippen molar-refractivity contribution in [3.63, 3.8) is 0 Å². The van der Waals surface area contributed by atoms with E-state index in [-0.39, 0.29) is 34.4 Å². The number of rotatable bonds is 8. The third-order valence-electron chi connectivity index (χ3n) is 9.53. The van der Waals surface area contributed by atoms with Crippen molar-refractivity contribution < 1.29 is 37.1 Å². The van der Waals surface area contributed by atoms with E-state index in [1.54, 1.807) is 0 Å². The SMILES string of the molecule is O=C(O)c1cc(OC2CCOC2)c2cc(N3CC4(CC(C=Cc5c(-c6cccnc6C(F)(F)F)noc5C5CC5)C4)C3)ccc2n1. The largest absolute Gasteiger partial charge is 0.487 e. The first-order chi connectivity index (χ1) is 22.2. The number of aromatic nitrogens is 3. The first-order valence-corrected chi connectivity index (χ1v) is 15.5. The van der Waals surface area contributed by atoms with E-state index in [4.69, 9.17) is 14.0 Å². The van der Waals surface area contributed by atoms with Crippen LogP contribution in [-0.4, -0.2) is 58.6 Å². The van der Waals surface area contributed by atoms with Crippen LogP contribution in [0.1, 0.15) is 65.5 Å². The van der Waals surface area contributed by atoms with Gasteiger partial charge in [0.25, 0.3) is 0 Å². The van der Waals surface area contributed by atoms with Crippen molar-refractivity contribution in [3.8, 4) is 17.0 Å². The summed E-state index contributed by atoms with van der Waals surface area (Å²) in [4.78, 5) is 21.9. The molecule has 1 unspecified atom stereocenters. The summed E-state index contributed by atoms with van der Waals surface area (Å²) < 4.78 is 58.5. The number of hydrogen-bond acceptors (Lipinski definition) is 8. The fraction of sp³-hybridized carbons (Fsp3) is 0.412. The average Bonchev–Trinajstić information content (AvgIpc) is 3.54. The lowest BCUT2D eigenvalue weighted by molar-refractivity contribution is -0.140. The third kappa shape index (κ3) is 5.28. The van der Waals surface area contributed by atoms with E-state index in [2.05, 4.69) is 26.1 Å². The van der Waals surface area contributed by atoms with Crippen LogP contribution < -0.4 is 9.64 Å². The minimum absolute atomic E-state index is 0.0607. The van der Waals surface area contributed by atoms with E-state index in [0.29, 0.717) is 41.7 Å². The number of benzene rings is 1. The molecule has 4 fully saturated rings. The Morgan fingerprint density at radius 1 is 1.13 bits per heavy atom. The average molecular weight is 633 g/mol. The summed E-state index contributed by atoms with van der Waals surface area (Å²) in [5.41, 5.74) is 1.48. The second-order valence-corrected chi connectivity index (χ2v) is 13.0. The number of allylic oxidation sites excluding steroid dienone is 1. The Bertz CT molecular complexity index is 1850. The van der Waals surface area contributed by atoms with Gasteiger partial charge in [0.2, 0.25) is 0 Å². The topological polar surface area (TPSA) is 111 Å². The standard InChI is InChI=1S/C34H31F3N4O5/c35-34(36,37)31-24(2-1-10-38-31)29-23(30(46-40-29)20-4-5-20)7-3-19-14-33(15-19)17-41(18-33)21-6-8-26-25(12-21)28(13-27(39-26)32(42)43)45-22-9-11-44-16-22/h1-3,6-8,10,12-13,19-20,22H,4-5,9,11,14-18H2,(H,42,43). The van der Waals surface area contributed by atoms with Gasteiger partial charge in [-0.1, -0.05) is 17.3 Å². The molecule has 4 aliphatic rings. The highest BCUT2D eigenvalue weighted by atomic mass is 19.4. The van der Waals surface area contributed by atoms with Crippen molar-refractivity contribution in [2.75, 3.05) is 31.2 Å². The maximum atomic E-state index is 13.8. The summed E-state index contributed by atoms with van der Waals surface area (Å²) in [6.45, 7) is 2.84. The molecule has 12 heteroatoms. The number of carboxylic acids is 1. The number of anilines is 1. The zero-order chi connectivity index (χ0) is 31.6. The van der Waals surface area contributed by atoms with Crippen molar-refractivity contribution >= 4 is 28.6 Å². The van der Waals surface area contributed by atoms with Crippen molar-refractivity contribution in [1.29, 1.82) is 0 Å². The molecule has 0 radical (unpaired) electrons. The minimum Gasteiger partial charge on any atom is -0.487 e. The Morgan fingerprint density at radius 3 is 2.67 bits per heavy atom. The number of fused-ring (bicyclic) bond motifs is 1. The number of aromatic carboxylic acids is 1. The molecule has 2 saturated carbocycles. The maximum Gasteiger partial charge on any atom is 0.434 e. The number of carboxylic acid groups (broad SMARTS) is 1. The fourth-order valence-electron chi connectivity index (χ4n) is 7.12. The molecule has 1 N–H and O–H groups in total. The highest BCUT2D eigenvalue weighted by molar-refractivity contribution is 5.94. The molecular weight excluding hydrogens is 601 g/mol. The quantitative estimate of drug-likeness (QED) is 0.220. The predicted octanol–water partition coefficient (Wildman–Crippen LogP) is 6.98. The Hall–Kier alpha value is -4.45. The van der Waals surface area contributed by atoms with Crippen LogP contribution in [0.25, 0.3) is 28.2 Å². The molecule has 2 aliphatic carbocycles. The highest BCUT2D eigenvalue weighted by Crippen LogP contribution is 2.54. The second kappa shape index (κ2) is 10.8. The zero-order valence-corrected chi connectivity index (χ0v) is 24.8. The zero-order valence-electron chi connectivity index (χ0n) is 24.8. The summed E-state index contributed by atoms with van der Waals surface area (Å²) in [7, 11) is 0. The molecule has 4 aromatic rings. The summed E-state index contributed by atoms with van der Waals surface area (Å²) in [6.07, 6.45) is 4.98.